The van der Waals surface area contributed by atoms with Crippen molar-refractivity contribution >= 4 is 45.7 Å². The highest BCUT2D eigenvalue weighted by Gasteiger charge is 2.16. The Morgan fingerprint density at radius 2 is 1.79 bits per heavy atom. The summed E-state index contributed by atoms with van der Waals surface area (Å²) in [6.45, 7) is 7.62. The smallest absolute Gasteiger partial charge is 0.247 e. The molecule has 0 radical (unpaired) electrons. The lowest BCUT2D eigenvalue weighted by Crippen LogP contribution is -2.44. The minimum absolute atomic E-state index is 0.0506. The lowest BCUT2D eigenvalue weighted by atomic mass is 9.94. The van der Waals surface area contributed by atoms with Crippen molar-refractivity contribution in [2.75, 3.05) is 48.8 Å². The van der Waals surface area contributed by atoms with Crippen LogP contribution in [-0.4, -0.2) is 59.9 Å². The van der Waals surface area contributed by atoms with E-state index < -0.39 is 5.91 Å². The zero-order valence-corrected chi connectivity index (χ0v) is 21.9. The van der Waals surface area contributed by atoms with Crippen LogP contribution in [-0.2, 0) is 16.0 Å². The van der Waals surface area contributed by atoms with Crippen molar-refractivity contribution in [1.82, 2.24) is 14.9 Å². The Bertz CT molecular complexity index is 1530. The Morgan fingerprint density at radius 3 is 2.51 bits per heavy atom. The van der Waals surface area contributed by atoms with Gasteiger partial charge in [0, 0.05) is 60.4 Å². The molecule has 0 bridgehead atoms. The molecule has 4 N–H and O–H groups in total. The molecule has 0 aliphatic carbocycles. The van der Waals surface area contributed by atoms with E-state index in [2.05, 4.69) is 51.2 Å². The first kappa shape index (κ1) is 25.9. The molecular formula is C30H31N7O2. The van der Waals surface area contributed by atoms with Crippen LogP contribution in [0.5, 0.6) is 0 Å². The highest BCUT2D eigenvalue weighted by atomic mass is 16.1. The highest BCUT2D eigenvalue weighted by molar-refractivity contribution is 6.01. The van der Waals surface area contributed by atoms with E-state index in [1.807, 2.05) is 42.5 Å². The van der Waals surface area contributed by atoms with E-state index in [0.29, 0.717) is 17.2 Å². The van der Waals surface area contributed by atoms with Gasteiger partial charge in [0.05, 0.1) is 11.9 Å². The van der Waals surface area contributed by atoms with Gasteiger partial charge in [-0.05, 0) is 60.6 Å². The molecule has 0 atom stereocenters. The molecule has 1 saturated heterocycles. The van der Waals surface area contributed by atoms with Gasteiger partial charge in [0.1, 0.15) is 0 Å². The summed E-state index contributed by atoms with van der Waals surface area (Å²) < 4.78 is 0. The first-order chi connectivity index (χ1) is 18.9. The average molecular weight is 522 g/mol. The summed E-state index contributed by atoms with van der Waals surface area (Å²) in [6, 6.07) is 19.4. The molecule has 1 aliphatic rings. The van der Waals surface area contributed by atoms with Gasteiger partial charge in [-0.2, -0.15) is 0 Å². The lowest BCUT2D eigenvalue weighted by molar-refractivity contribution is -0.117. The second kappa shape index (κ2) is 11.3. The summed E-state index contributed by atoms with van der Waals surface area (Å²) in [5.74, 6) is -0.321. The first-order valence-electron chi connectivity index (χ1n) is 12.8. The van der Waals surface area contributed by atoms with E-state index in [-0.39, 0.29) is 12.3 Å². The van der Waals surface area contributed by atoms with Crippen LogP contribution in [0.2, 0.25) is 0 Å². The second-order valence-corrected chi connectivity index (χ2v) is 9.61. The van der Waals surface area contributed by atoms with E-state index in [9.17, 15) is 9.59 Å². The normalized spacial score (nSPS) is 13.7. The fourth-order valence-corrected chi connectivity index (χ4v) is 4.75. The zero-order valence-electron chi connectivity index (χ0n) is 21.9. The number of hydrogen-bond donors (Lipinski definition) is 3. The van der Waals surface area contributed by atoms with E-state index in [1.165, 1.54) is 11.8 Å². The number of fused-ring (bicyclic) bond motifs is 1. The molecule has 1 fully saturated rings. The Kier molecular flexibility index (Phi) is 7.51. The van der Waals surface area contributed by atoms with Gasteiger partial charge < -0.3 is 26.2 Å². The third-order valence-corrected chi connectivity index (χ3v) is 6.80. The number of anilines is 4. The quantitative estimate of drug-likeness (QED) is 0.301. The molecule has 39 heavy (non-hydrogen) atoms. The number of aromatic nitrogens is 2. The van der Waals surface area contributed by atoms with E-state index in [1.54, 1.807) is 12.3 Å². The van der Waals surface area contributed by atoms with Crippen molar-refractivity contribution in [3.63, 3.8) is 0 Å². The number of likely N-dealkylation sites (N-methyl/N-ethyl adjacent to an activating group) is 1. The fraction of sp³-hybridized carbons (Fsp3) is 0.200. The summed E-state index contributed by atoms with van der Waals surface area (Å²) in [7, 11) is 2.15. The van der Waals surface area contributed by atoms with Crippen LogP contribution in [0.1, 0.15) is 5.56 Å². The van der Waals surface area contributed by atoms with Crippen LogP contribution in [0, 0.1) is 0 Å². The Morgan fingerprint density at radius 1 is 1.03 bits per heavy atom. The van der Waals surface area contributed by atoms with Crippen LogP contribution >= 0.6 is 0 Å². The topological polar surface area (TPSA) is 116 Å². The third-order valence-electron chi connectivity index (χ3n) is 6.80. The Balaban J connectivity index is 1.48. The minimum Gasteiger partial charge on any atom is -0.369 e. The van der Waals surface area contributed by atoms with E-state index >= 15 is 0 Å². The molecule has 198 valence electrons. The number of carbonyl (C=O) groups is 2. The standard InChI is InChI=1S/C30H31N7O2/c1-3-27(39)33-24-6-4-5-20(17-24)28-21(18-26(31)38)7-8-22-19-32-30(35-29(22)28)34-23-9-11-25(12-10-23)37-15-13-36(2)14-16-37/h3-12,17,19H,1,13-16,18H2,2H3,(H2,31,38)(H,33,39)(H,32,34,35). The molecule has 2 amide bonds. The van der Waals surface area contributed by atoms with Gasteiger partial charge in [-0.1, -0.05) is 30.8 Å². The maximum Gasteiger partial charge on any atom is 0.247 e. The van der Waals surface area contributed by atoms with Crippen molar-refractivity contribution in [2.24, 2.45) is 5.73 Å². The minimum atomic E-state index is -0.445. The summed E-state index contributed by atoms with van der Waals surface area (Å²) >= 11 is 0. The zero-order chi connectivity index (χ0) is 27.4. The molecular weight excluding hydrogens is 490 g/mol. The predicted molar refractivity (Wildman–Crippen MR) is 156 cm³/mol. The number of primary amides is 1. The number of nitrogens with two attached hydrogens (primary N) is 1. The van der Waals surface area contributed by atoms with Gasteiger partial charge >= 0.3 is 0 Å². The van der Waals surface area contributed by atoms with Crippen LogP contribution in [0.3, 0.4) is 0 Å². The molecule has 2 heterocycles. The molecule has 1 aromatic heterocycles. The van der Waals surface area contributed by atoms with Gasteiger partial charge in [0.15, 0.2) is 0 Å². The van der Waals surface area contributed by atoms with Gasteiger partial charge in [-0.3, -0.25) is 9.59 Å². The van der Waals surface area contributed by atoms with Crippen molar-refractivity contribution in [3.05, 3.63) is 85.1 Å². The Labute approximate surface area is 227 Å². The summed E-state index contributed by atoms with van der Waals surface area (Å²) in [5.41, 5.74) is 11.2. The molecule has 1 aliphatic heterocycles. The molecule has 9 nitrogen and oxygen atoms in total. The van der Waals surface area contributed by atoms with Crippen LogP contribution in [0.25, 0.3) is 22.0 Å². The number of hydrogen-bond acceptors (Lipinski definition) is 7. The average Bonchev–Trinajstić information content (AvgIpc) is 2.93. The van der Waals surface area contributed by atoms with Gasteiger partial charge in [0.25, 0.3) is 0 Å². The molecule has 4 aromatic rings. The van der Waals surface area contributed by atoms with Crippen LogP contribution < -0.4 is 21.3 Å². The number of piperazine rings is 1. The van der Waals surface area contributed by atoms with E-state index in [4.69, 9.17) is 10.7 Å². The SMILES string of the molecule is C=CC(=O)Nc1cccc(-c2c(CC(N)=O)ccc3cnc(Nc4ccc(N5CCN(C)CC5)cc4)nc23)c1. The predicted octanol–water partition coefficient (Wildman–Crippen LogP) is 3.94. The number of rotatable bonds is 8. The number of benzene rings is 3. The monoisotopic (exact) mass is 521 g/mol. The third kappa shape index (κ3) is 6.05. The van der Waals surface area contributed by atoms with Crippen molar-refractivity contribution in [3.8, 4) is 11.1 Å². The lowest BCUT2D eigenvalue weighted by Gasteiger charge is -2.34. The second-order valence-electron chi connectivity index (χ2n) is 9.61. The summed E-state index contributed by atoms with van der Waals surface area (Å²) in [6.07, 6.45) is 3.02. The largest absolute Gasteiger partial charge is 0.369 e. The number of carbonyl (C=O) groups excluding carboxylic acids is 2. The molecule has 0 saturated carbocycles. The van der Waals surface area contributed by atoms with E-state index in [0.717, 1.165) is 53.9 Å². The first-order valence-corrected chi connectivity index (χ1v) is 12.8. The molecule has 3 aromatic carbocycles. The van der Waals surface area contributed by atoms with Crippen LogP contribution in [0.4, 0.5) is 23.0 Å². The molecule has 0 spiro atoms. The van der Waals surface area contributed by atoms with Crippen molar-refractivity contribution in [1.29, 1.82) is 0 Å². The van der Waals surface area contributed by atoms with Gasteiger partial charge in [-0.25, -0.2) is 9.97 Å². The summed E-state index contributed by atoms with van der Waals surface area (Å²) in [5, 5.41) is 6.91. The number of nitrogens with one attached hydrogen (secondary N) is 2. The Hall–Kier alpha value is -4.76. The fourth-order valence-electron chi connectivity index (χ4n) is 4.75. The maximum absolute atomic E-state index is 11.9. The summed E-state index contributed by atoms with van der Waals surface area (Å²) in [4.78, 5) is 37.9. The molecule has 0 unspecified atom stereocenters. The van der Waals surface area contributed by atoms with Gasteiger partial charge in [0.2, 0.25) is 17.8 Å². The van der Waals surface area contributed by atoms with Crippen molar-refractivity contribution in [2.45, 2.75) is 6.42 Å². The maximum atomic E-state index is 11.9. The molecule has 9 heteroatoms. The van der Waals surface area contributed by atoms with Crippen molar-refractivity contribution < 1.29 is 9.59 Å². The number of amides is 2. The van der Waals surface area contributed by atoms with Gasteiger partial charge in [-0.15, -0.1) is 0 Å². The number of nitrogens with zero attached hydrogens (tertiary/aromatic N) is 4. The van der Waals surface area contributed by atoms with Crippen LogP contribution in [0.15, 0.2) is 79.5 Å². The molecule has 5 rings (SSSR count). The highest BCUT2D eigenvalue weighted by Crippen LogP contribution is 2.34.